The van der Waals surface area contributed by atoms with Crippen LogP contribution in [0.5, 0.6) is 0 Å². The van der Waals surface area contributed by atoms with E-state index in [0.717, 1.165) is 35.2 Å². The van der Waals surface area contributed by atoms with Crippen molar-refractivity contribution in [2.75, 3.05) is 50.9 Å². The number of amides is 1. The van der Waals surface area contributed by atoms with Crippen molar-refractivity contribution in [3.05, 3.63) is 60.9 Å². The molecule has 0 saturated carbocycles. The minimum Gasteiger partial charge on any atom is -0.378 e. The quantitative estimate of drug-likeness (QED) is 0.214. The summed E-state index contributed by atoms with van der Waals surface area (Å²) in [6.07, 6.45) is 5.49. The van der Waals surface area contributed by atoms with Gasteiger partial charge in [0.15, 0.2) is 5.82 Å². The molecule has 1 amide bonds. The Kier molecular flexibility index (Phi) is 7.67. The summed E-state index contributed by atoms with van der Waals surface area (Å²) in [5.74, 6) is -0.267. The minimum atomic E-state index is -1.11. The maximum atomic E-state index is 15.1. The summed E-state index contributed by atoms with van der Waals surface area (Å²) in [5, 5.41) is 4.44. The Morgan fingerprint density at radius 2 is 1.83 bits per heavy atom. The number of nitrogens with zero attached hydrogens (tertiary/aromatic N) is 6. The molecule has 0 unspecified atom stereocenters. The monoisotopic (exact) mass is 576 g/mol. The van der Waals surface area contributed by atoms with Crippen LogP contribution in [0.2, 0.25) is 25.7 Å². The summed E-state index contributed by atoms with van der Waals surface area (Å²) in [4.78, 5) is 21.1. The first-order chi connectivity index (χ1) is 19.7. The summed E-state index contributed by atoms with van der Waals surface area (Å²) in [6, 6.07) is 12.7. The minimum absolute atomic E-state index is 0.0645. The molecule has 4 heterocycles. The van der Waals surface area contributed by atoms with E-state index < -0.39 is 8.07 Å². The van der Waals surface area contributed by atoms with Crippen LogP contribution in [0.4, 0.5) is 10.1 Å². The number of aromatic nitrogens is 4. The van der Waals surface area contributed by atoms with Crippen molar-refractivity contribution in [2.45, 2.75) is 32.4 Å². The van der Waals surface area contributed by atoms with E-state index in [1.54, 1.807) is 6.33 Å². The van der Waals surface area contributed by atoms with Crippen LogP contribution in [0.3, 0.4) is 0 Å². The molecule has 216 valence electrons. The number of ether oxygens (including phenoxy) is 2. The second kappa shape index (κ2) is 11.4. The van der Waals surface area contributed by atoms with Crippen molar-refractivity contribution >= 4 is 30.7 Å². The summed E-state index contributed by atoms with van der Waals surface area (Å²) in [6.45, 7) is 11.8. The van der Waals surface area contributed by atoms with E-state index in [4.69, 9.17) is 9.47 Å². The molecule has 2 fully saturated rings. The van der Waals surface area contributed by atoms with Gasteiger partial charge in [-0.25, -0.2) is 14.1 Å². The molecule has 2 aliphatic rings. The Hall–Kier alpha value is -3.54. The first kappa shape index (κ1) is 27.6. The fraction of sp³-hybridized carbons (Fsp3) is 0.433. The van der Waals surface area contributed by atoms with Crippen LogP contribution in [0.1, 0.15) is 0 Å². The van der Waals surface area contributed by atoms with E-state index >= 15 is 4.39 Å². The largest absolute Gasteiger partial charge is 0.378 e. The topological polar surface area (TPSA) is 77.7 Å². The van der Waals surface area contributed by atoms with Gasteiger partial charge in [0.05, 0.1) is 30.8 Å². The summed E-state index contributed by atoms with van der Waals surface area (Å²) in [7, 11) is -1.11. The van der Waals surface area contributed by atoms with Gasteiger partial charge in [-0.2, -0.15) is 5.10 Å². The van der Waals surface area contributed by atoms with Crippen molar-refractivity contribution in [3.63, 3.8) is 0 Å². The average molecular weight is 577 g/mol. The number of benzene rings is 2. The van der Waals surface area contributed by atoms with E-state index in [1.165, 1.54) is 6.07 Å². The lowest BCUT2D eigenvalue weighted by atomic mass is 9.97. The normalized spacial score (nSPS) is 16.4. The molecule has 2 aromatic heterocycles. The second-order valence-electron chi connectivity index (χ2n) is 12.1. The number of carbonyl (C=O) groups excluding carboxylic acids is 1. The van der Waals surface area contributed by atoms with Crippen LogP contribution in [0, 0.1) is 11.7 Å². The number of morpholine rings is 1. The van der Waals surface area contributed by atoms with E-state index in [2.05, 4.69) is 34.6 Å². The van der Waals surface area contributed by atoms with Gasteiger partial charge in [-0.15, -0.1) is 0 Å². The van der Waals surface area contributed by atoms with Crippen LogP contribution >= 0.6 is 0 Å². The summed E-state index contributed by atoms with van der Waals surface area (Å²) >= 11 is 0. The number of imidazole rings is 1. The molecule has 4 aromatic rings. The molecule has 0 radical (unpaired) electrons. The summed E-state index contributed by atoms with van der Waals surface area (Å²) in [5.41, 5.74) is 4.72. The lowest BCUT2D eigenvalue weighted by Gasteiger charge is -2.42. The molecule has 2 aliphatic heterocycles. The highest BCUT2D eigenvalue weighted by Crippen LogP contribution is 2.32. The van der Waals surface area contributed by atoms with Crippen LogP contribution in [-0.2, 0) is 21.0 Å². The number of carbonyl (C=O) groups is 1. The third kappa shape index (κ3) is 6.07. The van der Waals surface area contributed by atoms with Crippen molar-refractivity contribution in [3.8, 4) is 16.8 Å². The predicted octanol–water partition coefficient (Wildman–Crippen LogP) is 4.64. The number of hydrogen-bond donors (Lipinski definition) is 0. The molecule has 11 heteroatoms. The molecule has 0 N–H and O–H groups in total. The third-order valence-corrected chi connectivity index (χ3v) is 9.54. The number of halogens is 1. The van der Waals surface area contributed by atoms with E-state index in [1.807, 2.05) is 56.9 Å². The standard InChI is InChI=1S/C30H37FN6O3Si/c1-41(2,3)13-12-40-21-36-19-23(16-33-36)22-4-6-25(7-5-22)37-20-32-29-27(31)14-26(15-28(29)37)35-17-24(18-35)30(38)34-8-10-39-11-9-34/h4-7,14-16,19-20,24H,8-13,17-18,21H2,1-3H3. The first-order valence-electron chi connectivity index (χ1n) is 14.2. The van der Waals surface area contributed by atoms with E-state index in [9.17, 15) is 4.79 Å². The molecular formula is C30H37FN6O3Si. The fourth-order valence-corrected chi connectivity index (χ4v) is 6.03. The van der Waals surface area contributed by atoms with Crippen LogP contribution in [-0.4, -0.2) is 84.2 Å². The highest BCUT2D eigenvalue weighted by molar-refractivity contribution is 6.76. The molecule has 0 spiro atoms. The van der Waals surface area contributed by atoms with Crippen molar-refractivity contribution < 1.29 is 18.7 Å². The Bertz CT molecular complexity index is 1520. The molecule has 2 saturated heterocycles. The van der Waals surface area contributed by atoms with Crippen LogP contribution in [0.25, 0.3) is 27.8 Å². The molecule has 2 aromatic carbocycles. The van der Waals surface area contributed by atoms with Gasteiger partial charge in [-0.3, -0.25) is 9.36 Å². The van der Waals surface area contributed by atoms with Gasteiger partial charge >= 0.3 is 0 Å². The van der Waals surface area contributed by atoms with Gasteiger partial charge in [0.2, 0.25) is 5.91 Å². The van der Waals surface area contributed by atoms with Crippen LogP contribution in [0.15, 0.2) is 55.1 Å². The zero-order valence-corrected chi connectivity index (χ0v) is 24.9. The maximum Gasteiger partial charge on any atom is 0.229 e. The molecule has 41 heavy (non-hydrogen) atoms. The molecule has 0 bridgehead atoms. The van der Waals surface area contributed by atoms with E-state index in [-0.39, 0.29) is 17.6 Å². The zero-order chi connectivity index (χ0) is 28.6. The average Bonchev–Trinajstić information content (AvgIpc) is 3.58. The number of rotatable bonds is 9. The maximum absolute atomic E-state index is 15.1. The molecule has 0 atom stereocenters. The van der Waals surface area contributed by atoms with Gasteiger partial charge in [-0.05, 0) is 35.9 Å². The lowest BCUT2D eigenvalue weighted by Crippen LogP contribution is -2.56. The van der Waals surface area contributed by atoms with Gasteiger partial charge in [0.1, 0.15) is 18.6 Å². The van der Waals surface area contributed by atoms with Gasteiger partial charge < -0.3 is 19.3 Å². The van der Waals surface area contributed by atoms with Gasteiger partial charge in [0.25, 0.3) is 0 Å². The highest BCUT2D eigenvalue weighted by Gasteiger charge is 2.36. The molecular weight excluding hydrogens is 539 g/mol. The van der Waals surface area contributed by atoms with Crippen molar-refractivity contribution in [2.24, 2.45) is 5.92 Å². The predicted molar refractivity (Wildman–Crippen MR) is 159 cm³/mol. The first-order valence-corrected chi connectivity index (χ1v) is 17.9. The molecule has 9 nitrogen and oxygen atoms in total. The Labute approximate surface area is 240 Å². The van der Waals surface area contributed by atoms with Gasteiger partial charge in [0, 0.05) is 64.0 Å². The van der Waals surface area contributed by atoms with Gasteiger partial charge in [-0.1, -0.05) is 31.8 Å². The SMILES string of the molecule is C[Si](C)(C)CCOCn1cc(-c2ccc(-n3cnc4c(F)cc(N5CC(C(=O)N6CCOCC6)C5)cc43)cc2)cn1. The Balaban J connectivity index is 1.13. The lowest BCUT2D eigenvalue weighted by molar-refractivity contribution is -0.140. The summed E-state index contributed by atoms with van der Waals surface area (Å²) < 4.78 is 30.0. The number of fused-ring (bicyclic) bond motifs is 1. The Morgan fingerprint density at radius 3 is 2.56 bits per heavy atom. The van der Waals surface area contributed by atoms with Crippen molar-refractivity contribution in [1.29, 1.82) is 0 Å². The van der Waals surface area contributed by atoms with E-state index in [0.29, 0.717) is 57.2 Å². The van der Waals surface area contributed by atoms with Crippen LogP contribution < -0.4 is 4.90 Å². The molecule has 0 aliphatic carbocycles. The zero-order valence-electron chi connectivity index (χ0n) is 23.9. The highest BCUT2D eigenvalue weighted by atomic mass is 28.3. The number of hydrogen-bond acceptors (Lipinski definition) is 6. The van der Waals surface area contributed by atoms with Crippen molar-refractivity contribution in [1.82, 2.24) is 24.2 Å². The third-order valence-electron chi connectivity index (χ3n) is 7.84. The number of anilines is 1. The fourth-order valence-electron chi connectivity index (χ4n) is 5.27. The second-order valence-corrected chi connectivity index (χ2v) is 17.7. The smallest absolute Gasteiger partial charge is 0.229 e. The molecule has 6 rings (SSSR count). The Morgan fingerprint density at radius 1 is 1.07 bits per heavy atom.